The molecule has 0 saturated carbocycles. The van der Waals surface area contributed by atoms with Gasteiger partial charge in [-0.2, -0.15) is 0 Å². The number of aliphatic hydroxyl groups is 3. The molecule has 66 heavy (non-hydrogen) atoms. The summed E-state index contributed by atoms with van der Waals surface area (Å²) >= 11 is 1.19. The number of hydrogen-bond donors (Lipinski definition) is 4. The first-order valence-electron chi connectivity index (χ1n) is 22.6. The number of cyclic esters (lactones) is 1. The predicted molar refractivity (Wildman–Crippen MR) is 240 cm³/mol. The number of oxime groups is 1. The van der Waals surface area contributed by atoms with Crippen molar-refractivity contribution >= 4 is 34.7 Å². The van der Waals surface area contributed by atoms with Crippen molar-refractivity contribution in [1.29, 1.82) is 0 Å². The number of ether oxygens (including phenoxy) is 9. The van der Waals surface area contributed by atoms with Crippen LogP contribution >= 0.6 is 11.3 Å². The molecule has 0 radical (unpaired) electrons. The van der Waals surface area contributed by atoms with Gasteiger partial charge in [0.2, 0.25) is 0 Å². The van der Waals surface area contributed by atoms with Crippen LogP contribution in [0.3, 0.4) is 0 Å². The maximum atomic E-state index is 14.1. The van der Waals surface area contributed by atoms with Crippen molar-refractivity contribution in [2.75, 3.05) is 61.3 Å². The molecule has 4 aliphatic rings. The fraction of sp³-hybridized carbons (Fsp3) is 0.739. The fourth-order valence-corrected chi connectivity index (χ4v) is 9.64. The Morgan fingerprint density at radius 2 is 1.65 bits per heavy atom. The van der Waals surface area contributed by atoms with Gasteiger partial charge >= 0.3 is 5.97 Å². The molecule has 3 saturated heterocycles. The van der Waals surface area contributed by atoms with Crippen LogP contribution in [0, 0.1) is 23.7 Å². The van der Waals surface area contributed by atoms with Crippen molar-refractivity contribution in [3.63, 3.8) is 0 Å². The normalized spacial score (nSPS) is 38.9. The molecule has 20 heteroatoms. The number of methoxy groups -OCH3 is 2. The molecule has 1 aromatic rings. The fourth-order valence-electron chi connectivity index (χ4n) is 8.88. The Hall–Kier alpha value is -3.22. The lowest BCUT2D eigenvalue weighted by Crippen LogP contribution is -2.63. The maximum Gasteiger partial charge on any atom is 0.308 e. The molecule has 5 heterocycles. The third-order valence-electron chi connectivity index (χ3n) is 12.7. The molecule has 19 nitrogen and oxygen atoms in total. The van der Waals surface area contributed by atoms with E-state index in [-0.39, 0.29) is 57.8 Å². The summed E-state index contributed by atoms with van der Waals surface area (Å²) in [6.45, 7) is 9.08. The Morgan fingerprint density at radius 3 is 2.33 bits per heavy atom. The second-order valence-corrected chi connectivity index (χ2v) is 19.1. The Balaban J connectivity index is 1.46. The van der Waals surface area contributed by atoms with Crippen LogP contribution in [0.1, 0.15) is 68.4 Å². The van der Waals surface area contributed by atoms with E-state index < -0.39 is 103 Å². The molecule has 5 N–H and O–H groups in total. The van der Waals surface area contributed by atoms with Gasteiger partial charge in [0.05, 0.1) is 74.3 Å². The summed E-state index contributed by atoms with van der Waals surface area (Å²) in [6.07, 6.45) is -4.18. The van der Waals surface area contributed by atoms with Gasteiger partial charge in [-0.05, 0) is 71.8 Å². The molecule has 1 amide bonds. The molecule has 1 aromatic heterocycles. The summed E-state index contributed by atoms with van der Waals surface area (Å²) < 4.78 is 55.1. The number of carbonyl (C=O) groups is 3. The second-order valence-electron chi connectivity index (χ2n) is 18.0. The smallest absolute Gasteiger partial charge is 0.308 e. The summed E-state index contributed by atoms with van der Waals surface area (Å²) in [5.41, 5.74) is 6.54. The number of thiophene rings is 1. The highest BCUT2D eigenvalue weighted by atomic mass is 32.1. The van der Waals surface area contributed by atoms with Gasteiger partial charge in [0.1, 0.15) is 30.1 Å². The van der Waals surface area contributed by atoms with Crippen molar-refractivity contribution in [1.82, 2.24) is 4.90 Å². The van der Waals surface area contributed by atoms with Gasteiger partial charge in [0, 0.05) is 43.5 Å². The Bertz CT molecular complexity index is 1830. The number of carbonyl (C=O) groups excluding carboxylic acids is 3. The van der Waals surface area contributed by atoms with Gasteiger partial charge in [-0.1, -0.05) is 36.7 Å². The predicted octanol–water partition coefficient (Wildman–Crippen LogP) is 2.37. The molecular weight excluding hydrogens is 883 g/mol. The highest BCUT2D eigenvalue weighted by Crippen LogP contribution is 2.36. The minimum Gasteiger partial charge on any atom is -0.465 e. The Kier molecular flexibility index (Phi) is 20.7. The van der Waals surface area contributed by atoms with Gasteiger partial charge in [-0.25, -0.2) is 0 Å². The molecular formula is C46H71N3O16S. The number of allylic oxidation sites excluding steroid dienone is 3. The summed E-state index contributed by atoms with van der Waals surface area (Å²) in [4.78, 5) is 48.1. The van der Waals surface area contributed by atoms with E-state index >= 15 is 0 Å². The topological polar surface area (TPSA) is 246 Å². The molecule has 4 aliphatic heterocycles. The number of nitrogens with two attached hydrogens (primary N) is 1. The van der Waals surface area contributed by atoms with E-state index in [1.807, 2.05) is 26.8 Å². The van der Waals surface area contributed by atoms with E-state index in [1.54, 1.807) is 51.1 Å². The van der Waals surface area contributed by atoms with E-state index in [2.05, 4.69) is 5.16 Å². The Morgan fingerprint density at radius 1 is 0.939 bits per heavy atom. The number of primary amides is 1. The van der Waals surface area contributed by atoms with Crippen LogP contribution in [0.5, 0.6) is 0 Å². The zero-order chi connectivity index (χ0) is 48.2. The summed E-state index contributed by atoms with van der Waals surface area (Å²) in [5, 5.41) is 37.7. The van der Waals surface area contributed by atoms with Crippen LogP contribution in [-0.2, 0) is 63.7 Å². The van der Waals surface area contributed by atoms with Crippen molar-refractivity contribution in [2.45, 2.75) is 134 Å². The average molecular weight is 954 g/mol. The lowest BCUT2D eigenvalue weighted by molar-refractivity contribution is -0.305. The zero-order valence-electron chi connectivity index (χ0n) is 39.5. The number of aliphatic hydroxyl groups excluding tert-OH is 3. The van der Waals surface area contributed by atoms with Gasteiger partial charge < -0.3 is 73.4 Å². The standard InChI is InChI=1S/C46H71N3O16S/c1-24-10-12-33(50)25(2)17-30-14-15-58-21-31(48-62-23-32-11-13-35(66-32)44(47)55)22-59-34(26(3)41(30)65-45-40(54)37(49(6)7)38(52)27(4)63-45)18-36(51)60-19-29(16-24)20-61-46-43(57-9)42(56-8)39(53)28(5)64-46/h10-13,16,25-30,34,37-43,45-46,52-54H,14-15,17-23H2,1-9H3,(H2,47,55)/b12-10+,24-16+,48-31+/t25-,26+,27-,28-,29+,30?,34-,37+,38-,39-,40-,41-,42-,43-,45+,46-/m1/s1. The van der Waals surface area contributed by atoms with Crippen LogP contribution in [0.2, 0.25) is 0 Å². The van der Waals surface area contributed by atoms with E-state index in [4.69, 9.17) is 53.2 Å². The van der Waals surface area contributed by atoms with E-state index in [9.17, 15) is 29.7 Å². The zero-order valence-corrected chi connectivity index (χ0v) is 40.3. The summed E-state index contributed by atoms with van der Waals surface area (Å²) in [6, 6.07) is 2.63. The quantitative estimate of drug-likeness (QED) is 0.174. The van der Waals surface area contributed by atoms with Crippen LogP contribution in [0.15, 0.2) is 41.1 Å². The third kappa shape index (κ3) is 14.4. The monoisotopic (exact) mass is 953 g/mol. The average Bonchev–Trinajstić information content (AvgIpc) is 3.75. The Labute approximate surface area is 391 Å². The van der Waals surface area contributed by atoms with Crippen molar-refractivity contribution in [3.8, 4) is 0 Å². The molecule has 3 fully saturated rings. The number of fused-ring (bicyclic) bond motifs is 3. The number of ketones is 1. The maximum absolute atomic E-state index is 14.1. The number of esters is 1. The van der Waals surface area contributed by atoms with E-state index in [0.717, 1.165) is 10.5 Å². The lowest BCUT2D eigenvalue weighted by atomic mass is 9.79. The molecule has 372 valence electrons. The number of likely N-dealkylation sites (N-methyl/N-ethyl adjacent to an activating group) is 1. The first-order chi connectivity index (χ1) is 31.4. The first-order valence-corrected chi connectivity index (χ1v) is 23.4. The number of amides is 1. The number of rotatable bonds is 12. The summed E-state index contributed by atoms with van der Waals surface area (Å²) in [5.74, 6) is -3.24. The molecule has 0 spiro atoms. The van der Waals surface area contributed by atoms with Crippen LogP contribution in [0.4, 0.5) is 0 Å². The van der Waals surface area contributed by atoms with Gasteiger partial charge in [-0.15, -0.1) is 11.3 Å². The summed E-state index contributed by atoms with van der Waals surface area (Å²) in [7, 11) is 6.45. The highest BCUT2D eigenvalue weighted by Gasteiger charge is 2.48. The van der Waals surface area contributed by atoms with Crippen molar-refractivity contribution in [3.05, 3.63) is 45.7 Å². The minimum atomic E-state index is -1.27. The minimum absolute atomic E-state index is 0.0143. The van der Waals surface area contributed by atoms with Crippen LogP contribution < -0.4 is 5.73 Å². The third-order valence-corrected chi connectivity index (χ3v) is 13.8. The number of nitrogens with zero attached hydrogens (tertiary/aromatic N) is 2. The lowest BCUT2D eigenvalue weighted by Gasteiger charge is -2.47. The molecule has 16 atom stereocenters. The molecule has 5 rings (SSSR count). The van der Waals surface area contributed by atoms with E-state index in [1.165, 1.54) is 31.6 Å². The van der Waals surface area contributed by atoms with Gasteiger partial charge in [0.25, 0.3) is 5.91 Å². The highest BCUT2D eigenvalue weighted by molar-refractivity contribution is 7.14. The van der Waals surface area contributed by atoms with Crippen LogP contribution in [0.25, 0.3) is 0 Å². The van der Waals surface area contributed by atoms with E-state index in [0.29, 0.717) is 23.4 Å². The van der Waals surface area contributed by atoms with Gasteiger partial charge in [-0.3, -0.25) is 14.4 Å². The largest absolute Gasteiger partial charge is 0.465 e. The molecule has 0 aromatic carbocycles. The molecule has 0 aliphatic carbocycles. The first kappa shape index (κ1) is 53.7. The van der Waals surface area contributed by atoms with Crippen molar-refractivity contribution in [2.24, 2.45) is 34.6 Å². The second kappa shape index (κ2) is 25.4. The molecule has 2 bridgehead atoms. The van der Waals surface area contributed by atoms with Crippen molar-refractivity contribution < 1.29 is 77.2 Å². The van der Waals surface area contributed by atoms with Gasteiger partial charge in [0.15, 0.2) is 25.0 Å². The van der Waals surface area contributed by atoms with Crippen LogP contribution in [-0.4, -0.2) is 178 Å². The SMILES string of the molecule is CO[C@@H]1[C@H](O)[C@@H](C)O[C@@H](OC[C@H]2/C=C(C)/C=C/C(=O)[C@H](C)CC3CCOC/C(=N\OCc4ccc(C(N)=O)s4)CO[C@H](CC(=O)OC2)[C@H](C)[C@H]3O[C@@H]2O[C@H](C)[C@@H](O)[C@H](N(C)C)[C@H]2O)[C@@H]1OC. The number of hydrogen-bond acceptors (Lipinski definition) is 19. The molecule has 1 unspecified atom stereocenters.